The highest BCUT2D eigenvalue weighted by atomic mass is 35.5. The van der Waals surface area contributed by atoms with Crippen molar-refractivity contribution in [2.45, 2.75) is 20.3 Å². The van der Waals surface area contributed by atoms with Gasteiger partial charge in [-0.15, -0.1) is 0 Å². The van der Waals surface area contributed by atoms with Crippen molar-refractivity contribution in [2.24, 2.45) is 0 Å². The van der Waals surface area contributed by atoms with Crippen LogP contribution >= 0.6 is 11.6 Å². The third kappa shape index (κ3) is 4.86. The Morgan fingerprint density at radius 2 is 2.05 bits per heavy atom. The first-order valence-electron chi connectivity index (χ1n) is 6.21. The van der Waals surface area contributed by atoms with Crippen LogP contribution in [0, 0.1) is 0 Å². The van der Waals surface area contributed by atoms with Crippen molar-refractivity contribution in [2.75, 3.05) is 36.9 Å². The lowest BCUT2D eigenvalue weighted by Crippen LogP contribution is -2.36. The van der Waals surface area contributed by atoms with Crippen molar-refractivity contribution in [3.05, 3.63) is 5.28 Å². The Bertz CT molecular complexity index is 428. The summed E-state index contributed by atoms with van der Waals surface area (Å²) in [5, 5.41) is 5.72. The number of nitrogens with zero attached hydrogens (tertiary/aromatic N) is 4. The summed E-state index contributed by atoms with van der Waals surface area (Å²) >= 11 is 5.87. The van der Waals surface area contributed by atoms with Gasteiger partial charge >= 0.3 is 0 Å². The molecule has 106 valence electrons. The molecule has 0 aliphatic heterocycles. The number of rotatable bonds is 7. The van der Waals surface area contributed by atoms with E-state index >= 15 is 0 Å². The number of amides is 1. The van der Waals surface area contributed by atoms with E-state index in [0.29, 0.717) is 18.4 Å². The quantitative estimate of drug-likeness (QED) is 0.775. The van der Waals surface area contributed by atoms with Gasteiger partial charge in [0.2, 0.25) is 23.1 Å². The summed E-state index contributed by atoms with van der Waals surface area (Å²) in [6.45, 7) is 5.49. The van der Waals surface area contributed by atoms with E-state index in [1.54, 1.807) is 11.9 Å². The number of hydrogen-bond donors (Lipinski definition) is 2. The third-order valence-corrected chi connectivity index (χ3v) is 2.58. The maximum Gasteiger partial charge on any atom is 0.239 e. The van der Waals surface area contributed by atoms with Crippen LogP contribution in [-0.2, 0) is 4.79 Å². The fourth-order valence-corrected chi connectivity index (χ4v) is 1.53. The maximum absolute atomic E-state index is 11.4. The van der Waals surface area contributed by atoms with Crippen LogP contribution in [0.5, 0.6) is 0 Å². The molecule has 1 amide bonds. The molecule has 19 heavy (non-hydrogen) atoms. The fraction of sp³-hybridized carbons (Fsp3) is 0.636. The number of halogens is 1. The molecule has 0 atom stereocenters. The molecule has 8 heteroatoms. The fourth-order valence-electron chi connectivity index (χ4n) is 1.37. The van der Waals surface area contributed by atoms with Crippen molar-refractivity contribution in [1.82, 2.24) is 20.3 Å². The molecule has 0 aliphatic rings. The largest absolute Gasteiger partial charge is 0.358 e. The van der Waals surface area contributed by atoms with Gasteiger partial charge in [-0.25, -0.2) is 0 Å². The molecule has 0 unspecified atom stereocenters. The Balaban J connectivity index is 2.89. The zero-order chi connectivity index (χ0) is 14.3. The zero-order valence-corrected chi connectivity index (χ0v) is 12.2. The molecule has 0 radical (unpaired) electrons. The van der Waals surface area contributed by atoms with Crippen molar-refractivity contribution in [3.8, 4) is 0 Å². The Hall–Kier alpha value is -1.63. The minimum atomic E-state index is -0.110. The van der Waals surface area contributed by atoms with E-state index in [-0.39, 0.29) is 17.7 Å². The monoisotopic (exact) mass is 286 g/mol. The lowest BCUT2D eigenvalue weighted by Gasteiger charge is -2.20. The van der Waals surface area contributed by atoms with Gasteiger partial charge in [-0.05, 0) is 24.9 Å². The van der Waals surface area contributed by atoms with Crippen LogP contribution in [-0.4, -0.2) is 47.5 Å². The highest BCUT2D eigenvalue weighted by Gasteiger charge is 2.14. The molecule has 0 saturated carbocycles. The molecule has 0 aliphatic carbocycles. The third-order valence-electron chi connectivity index (χ3n) is 2.41. The van der Waals surface area contributed by atoms with Crippen molar-refractivity contribution in [3.63, 3.8) is 0 Å². The second-order valence-corrected chi connectivity index (χ2v) is 4.18. The van der Waals surface area contributed by atoms with Gasteiger partial charge in [-0.2, -0.15) is 15.0 Å². The molecule has 1 aromatic heterocycles. The number of likely N-dealkylation sites (N-methyl/N-ethyl adjacent to an activating group) is 2. The second kappa shape index (κ2) is 7.73. The number of nitrogens with one attached hydrogen (secondary N) is 2. The van der Waals surface area contributed by atoms with Gasteiger partial charge in [0.15, 0.2) is 0 Å². The molecule has 7 nitrogen and oxygen atoms in total. The van der Waals surface area contributed by atoms with Gasteiger partial charge in [0, 0.05) is 20.1 Å². The lowest BCUT2D eigenvalue weighted by atomic mass is 10.5. The van der Waals surface area contributed by atoms with E-state index in [4.69, 9.17) is 11.6 Å². The van der Waals surface area contributed by atoms with E-state index in [0.717, 1.165) is 13.0 Å². The van der Waals surface area contributed by atoms with Gasteiger partial charge in [0.1, 0.15) is 0 Å². The Morgan fingerprint density at radius 3 is 2.63 bits per heavy atom. The van der Waals surface area contributed by atoms with Crippen LogP contribution in [0.25, 0.3) is 0 Å². The normalized spacial score (nSPS) is 10.1. The van der Waals surface area contributed by atoms with Crippen LogP contribution in [0.4, 0.5) is 11.9 Å². The zero-order valence-electron chi connectivity index (χ0n) is 11.4. The van der Waals surface area contributed by atoms with E-state index < -0.39 is 0 Å². The Labute approximate surface area is 117 Å². The molecule has 0 aromatic carbocycles. The minimum absolute atomic E-state index is 0.110. The molecule has 0 bridgehead atoms. The molecule has 1 heterocycles. The highest BCUT2D eigenvalue weighted by molar-refractivity contribution is 6.28. The van der Waals surface area contributed by atoms with E-state index in [2.05, 4.69) is 25.6 Å². The number of carbonyl (C=O) groups is 1. The van der Waals surface area contributed by atoms with Gasteiger partial charge in [-0.3, -0.25) is 4.79 Å². The van der Waals surface area contributed by atoms with Crippen LogP contribution in [0.3, 0.4) is 0 Å². The minimum Gasteiger partial charge on any atom is -0.358 e. The van der Waals surface area contributed by atoms with Crippen LogP contribution in [0.2, 0.25) is 5.28 Å². The summed E-state index contributed by atoms with van der Waals surface area (Å²) in [7, 11) is 1.59. The lowest BCUT2D eigenvalue weighted by molar-refractivity contribution is -0.119. The van der Waals surface area contributed by atoms with Gasteiger partial charge < -0.3 is 15.5 Å². The van der Waals surface area contributed by atoms with Crippen molar-refractivity contribution >= 4 is 29.4 Å². The summed E-state index contributed by atoms with van der Waals surface area (Å²) in [6, 6.07) is 0. The summed E-state index contributed by atoms with van der Waals surface area (Å²) in [6.07, 6.45) is 0.953. The summed E-state index contributed by atoms with van der Waals surface area (Å²) in [5.41, 5.74) is 0. The number of aromatic nitrogens is 3. The predicted molar refractivity (Wildman–Crippen MR) is 75.6 cm³/mol. The smallest absolute Gasteiger partial charge is 0.239 e. The number of hydrogen-bond acceptors (Lipinski definition) is 6. The van der Waals surface area contributed by atoms with Crippen LogP contribution in [0.1, 0.15) is 20.3 Å². The van der Waals surface area contributed by atoms with Gasteiger partial charge in [0.25, 0.3) is 0 Å². The maximum atomic E-state index is 11.4. The molecule has 1 rings (SSSR count). The summed E-state index contributed by atoms with van der Waals surface area (Å²) in [4.78, 5) is 25.4. The van der Waals surface area contributed by atoms with Gasteiger partial charge in [0.05, 0.1) is 6.54 Å². The SMILES string of the molecule is CCCNc1nc(Cl)nc(N(CC)CC(=O)NC)n1. The topological polar surface area (TPSA) is 83.0 Å². The standard InChI is InChI=1S/C11H19ClN6O/c1-4-6-14-10-15-9(12)16-11(17-10)18(5-2)7-8(19)13-3/h4-7H2,1-3H3,(H,13,19)(H,14,15,16,17). The average molecular weight is 287 g/mol. The van der Waals surface area contributed by atoms with Crippen molar-refractivity contribution < 1.29 is 4.79 Å². The molecule has 0 spiro atoms. The molecular formula is C11H19ClN6O. The van der Waals surface area contributed by atoms with E-state index in [1.165, 1.54) is 0 Å². The summed E-state index contributed by atoms with van der Waals surface area (Å²) < 4.78 is 0. The number of anilines is 2. The first-order chi connectivity index (χ1) is 9.10. The van der Waals surface area contributed by atoms with Crippen molar-refractivity contribution in [1.29, 1.82) is 0 Å². The molecule has 2 N–H and O–H groups in total. The highest BCUT2D eigenvalue weighted by Crippen LogP contribution is 2.13. The second-order valence-electron chi connectivity index (χ2n) is 3.84. The molecule has 1 aromatic rings. The van der Waals surface area contributed by atoms with Gasteiger partial charge in [-0.1, -0.05) is 6.92 Å². The molecular weight excluding hydrogens is 268 g/mol. The Morgan fingerprint density at radius 1 is 1.32 bits per heavy atom. The van der Waals surface area contributed by atoms with E-state index in [1.807, 2.05) is 13.8 Å². The average Bonchev–Trinajstić information content (AvgIpc) is 2.41. The summed E-state index contributed by atoms with van der Waals surface area (Å²) in [5.74, 6) is 0.707. The predicted octanol–water partition coefficient (Wildman–Crippen LogP) is 0.919. The number of carbonyl (C=O) groups excluding carboxylic acids is 1. The first-order valence-corrected chi connectivity index (χ1v) is 6.59. The molecule has 0 fully saturated rings. The Kier molecular flexibility index (Phi) is 6.27. The van der Waals surface area contributed by atoms with Crippen LogP contribution in [0.15, 0.2) is 0 Å². The van der Waals surface area contributed by atoms with E-state index in [9.17, 15) is 4.79 Å². The van der Waals surface area contributed by atoms with Crippen LogP contribution < -0.4 is 15.5 Å². The first kappa shape index (κ1) is 15.4. The molecule has 0 saturated heterocycles.